The second-order valence-corrected chi connectivity index (χ2v) is 5.69. The van der Waals surface area contributed by atoms with Crippen LogP contribution in [0.25, 0.3) is 0 Å². The first-order valence-corrected chi connectivity index (χ1v) is 7.74. The van der Waals surface area contributed by atoms with E-state index in [1.165, 1.54) is 11.1 Å². The van der Waals surface area contributed by atoms with Gasteiger partial charge in [0.05, 0.1) is 11.1 Å². The van der Waals surface area contributed by atoms with Gasteiger partial charge in [0.1, 0.15) is 5.75 Å². The monoisotopic (exact) mass is 303 g/mol. The molecule has 0 heterocycles. The highest BCUT2D eigenvalue weighted by Crippen LogP contribution is 2.28. The quantitative estimate of drug-likeness (QED) is 0.781. The summed E-state index contributed by atoms with van der Waals surface area (Å²) in [6.07, 6.45) is 1.16. The molecule has 21 heavy (non-hydrogen) atoms. The van der Waals surface area contributed by atoms with Crippen molar-refractivity contribution < 1.29 is 4.74 Å². The third kappa shape index (κ3) is 4.40. The molecule has 1 N–H and O–H groups in total. The molecule has 0 unspecified atom stereocenters. The zero-order chi connectivity index (χ0) is 15.2. The molecule has 0 radical (unpaired) electrons. The van der Waals surface area contributed by atoms with Crippen molar-refractivity contribution in [2.24, 2.45) is 0 Å². The van der Waals surface area contributed by atoms with Crippen molar-refractivity contribution in [3.8, 4) is 5.75 Å². The highest BCUT2D eigenvalue weighted by atomic mass is 35.5. The van der Waals surface area contributed by atoms with Crippen LogP contribution in [0.15, 0.2) is 42.5 Å². The van der Waals surface area contributed by atoms with Gasteiger partial charge < -0.3 is 10.1 Å². The van der Waals surface area contributed by atoms with Gasteiger partial charge in [-0.2, -0.15) is 0 Å². The Bertz CT molecular complexity index is 596. The minimum absolute atomic E-state index is 0.123. The van der Waals surface area contributed by atoms with Crippen LogP contribution in [0.3, 0.4) is 0 Å². The maximum absolute atomic E-state index is 6.25. The summed E-state index contributed by atoms with van der Waals surface area (Å²) in [6.45, 7) is 6.95. The lowest BCUT2D eigenvalue weighted by molar-refractivity contribution is 0.242. The van der Waals surface area contributed by atoms with E-state index in [0.29, 0.717) is 5.02 Å². The Labute approximate surface area is 132 Å². The lowest BCUT2D eigenvalue weighted by Crippen LogP contribution is -2.06. The van der Waals surface area contributed by atoms with Gasteiger partial charge >= 0.3 is 0 Å². The third-order valence-electron chi connectivity index (χ3n) is 3.28. The second kappa shape index (κ2) is 7.37. The number of hydrogen-bond acceptors (Lipinski definition) is 2. The normalized spacial score (nSPS) is 10.7. The molecule has 0 saturated carbocycles. The van der Waals surface area contributed by atoms with E-state index >= 15 is 0 Å². The minimum Gasteiger partial charge on any atom is -0.489 e. The van der Waals surface area contributed by atoms with Crippen molar-refractivity contribution in [2.45, 2.75) is 39.8 Å². The molecule has 0 aromatic heterocycles. The summed E-state index contributed by atoms with van der Waals surface area (Å²) in [5.41, 5.74) is 3.69. The van der Waals surface area contributed by atoms with Crippen LogP contribution in [-0.2, 0) is 13.0 Å². The van der Waals surface area contributed by atoms with E-state index in [2.05, 4.69) is 36.5 Å². The number of halogens is 1. The average Bonchev–Trinajstić information content (AvgIpc) is 2.47. The molecule has 2 nitrogen and oxygen atoms in total. The van der Waals surface area contributed by atoms with Crippen LogP contribution >= 0.6 is 11.6 Å². The summed E-state index contributed by atoms with van der Waals surface area (Å²) in [5.74, 6) is 0.728. The van der Waals surface area contributed by atoms with Crippen LogP contribution in [0.2, 0.25) is 5.02 Å². The first-order valence-electron chi connectivity index (χ1n) is 7.37. The molecular weight excluding hydrogens is 282 g/mol. The van der Waals surface area contributed by atoms with Gasteiger partial charge in [0.15, 0.2) is 0 Å². The fourth-order valence-corrected chi connectivity index (χ4v) is 2.46. The van der Waals surface area contributed by atoms with Crippen molar-refractivity contribution >= 4 is 17.3 Å². The molecule has 0 atom stereocenters. The van der Waals surface area contributed by atoms with E-state index in [1.807, 2.05) is 32.0 Å². The van der Waals surface area contributed by atoms with E-state index in [1.54, 1.807) is 0 Å². The molecule has 2 rings (SSSR count). The SMILES string of the molecule is CCc1ccccc1CNc1ccc(OC(C)C)c(Cl)c1. The summed E-state index contributed by atoms with van der Waals surface area (Å²) in [6, 6.07) is 14.3. The second-order valence-electron chi connectivity index (χ2n) is 5.29. The van der Waals surface area contributed by atoms with Crippen molar-refractivity contribution in [1.82, 2.24) is 0 Å². The van der Waals surface area contributed by atoms with Gasteiger partial charge in [-0.3, -0.25) is 0 Å². The molecule has 0 fully saturated rings. The van der Waals surface area contributed by atoms with Crippen molar-refractivity contribution in [1.29, 1.82) is 0 Å². The molecule has 0 amide bonds. The Balaban J connectivity index is 2.05. The fourth-order valence-electron chi connectivity index (χ4n) is 2.23. The van der Waals surface area contributed by atoms with Crippen LogP contribution in [0, 0.1) is 0 Å². The number of aryl methyl sites for hydroxylation is 1. The Hall–Kier alpha value is -1.67. The first-order chi connectivity index (χ1) is 10.1. The van der Waals surface area contributed by atoms with Crippen LogP contribution in [0.4, 0.5) is 5.69 Å². The van der Waals surface area contributed by atoms with Crippen LogP contribution in [0.1, 0.15) is 31.9 Å². The average molecular weight is 304 g/mol. The van der Waals surface area contributed by atoms with Crippen LogP contribution < -0.4 is 10.1 Å². The van der Waals surface area contributed by atoms with Gasteiger partial charge in [-0.05, 0) is 49.6 Å². The Morgan fingerprint density at radius 3 is 2.43 bits per heavy atom. The number of ether oxygens (including phenoxy) is 1. The lowest BCUT2D eigenvalue weighted by atomic mass is 10.1. The largest absolute Gasteiger partial charge is 0.489 e. The Kier molecular flexibility index (Phi) is 5.51. The van der Waals surface area contributed by atoms with Crippen molar-refractivity contribution in [2.75, 3.05) is 5.32 Å². The van der Waals surface area contributed by atoms with E-state index in [4.69, 9.17) is 16.3 Å². The van der Waals surface area contributed by atoms with Gasteiger partial charge in [-0.1, -0.05) is 42.8 Å². The predicted molar refractivity (Wildman–Crippen MR) is 90.4 cm³/mol. The standard InChI is InChI=1S/C18H22ClNO/c1-4-14-7-5-6-8-15(14)12-20-16-9-10-18(17(19)11-16)21-13(2)3/h5-11,13,20H,4,12H2,1-3H3. The summed E-state index contributed by atoms with van der Waals surface area (Å²) < 4.78 is 5.64. The molecule has 0 aliphatic heterocycles. The fraction of sp³-hybridized carbons (Fsp3) is 0.333. The Morgan fingerprint density at radius 1 is 1.10 bits per heavy atom. The topological polar surface area (TPSA) is 21.3 Å². The van der Waals surface area contributed by atoms with Gasteiger partial charge in [-0.25, -0.2) is 0 Å². The van der Waals surface area contributed by atoms with E-state index in [9.17, 15) is 0 Å². The van der Waals surface area contributed by atoms with Crippen molar-refractivity contribution in [3.05, 3.63) is 58.6 Å². The summed E-state index contributed by atoms with van der Waals surface area (Å²) in [7, 11) is 0. The molecule has 2 aromatic carbocycles. The molecule has 0 aliphatic rings. The number of rotatable bonds is 6. The summed E-state index contributed by atoms with van der Waals surface area (Å²) >= 11 is 6.25. The molecule has 2 aromatic rings. The van der Waals surface area contributed by atoms with Crippen molar-refractivity contribution in [3.63, 3.8) is 0 Å². The summed E-state index contributed by atoms with van der Waals surface area (Å²) in [4.78, 5) is 0. The van der Waals surface area contributed by atoms with Gasteiger partial charge in [0.25, 0.3) is 0 Å². The molecule has 0 saturated heterocycles. The van der Waals surface area contributed by atoms with Gasteiger partial charge in [0, 0.05) is 12.2 Å². The third-order valence-corrected chi connectivity index (χ3v) is 3.57. The number of hydrogen-bond donors (Lipinski definition) is 1. The number of benzene rings is 2. The highest BCUT2D eigenvalue weighted by molar-refractivity contribution is 6.32. The Morgan fingerprint density at radius 2 is 1.81 bits per heavy atom. The lowest BCUT2D eigenvalue weighted by Gasteiger charge is -2.14. The van der Waals surface area contributed by atoms with Crippen LogP contribution in [-0.4, -0.2) is 6.10 Å². The number of nitrogens with one attached hydrogen (secondary N) is 1. The predicted octanol–water partition coefficient (Wildman–Crippen LogP) is 5.30. The molecule has 0 aliphatic carbocycles. The summed E-state index contributed by atoms with van der Waals surface area (Å²) in [5, 5.41) is 4.05. The van der Waals surface area contributed by atoms with Gasteiger partial charge in [0.2, 0.25) is 0 Å². The highest BCUT2D eigenvalue weighted by Gasteiger charge is 2.05. The van der Waals surface area contributed by atoms with Crippen LogP contribution in [0.5, 0.6) is 5.75 Å². The number of anilines is 1. The van der Waals surface area contributed by atoms with E-state index in [0.717, 1.165) is 24.4 Å². The maximum atomic E-state index is 6.25. The molecule has 112 valence electrons. The maximum Gasteiger partial charge on any atom is 0.138 e. The minimum atomic E-state index is 0.123. The zero-order valence-corrected chi connectivity index (χ0v) is 13.6. The molecule has 0 bridgehead atoms. The molecule has 3 heteroatoms. The molecule has 0 spiro atoms. The zero-order valence-electron chi connectivity index (χ0n) is 12.8. The first kappa shape index (κ1) is 15.7. The van der Waals surface area contributed by atoms with E-state index < -0.39 is 0 Å². The smallest absolute Gasteiger partial charge is 0.138 e. The van der Waals surface area contributed by atoms with E-state index in [-0.39, 0.29) is 6.10 Å². The molecular formula is C18H22ClNO. The van der Waals surface area contributed by atoms with Gasteiger partial charge in [-0.15, -0.1) is 0 Å².